The molecule has 0 spiro atoms. The first kappa shape index (κ1) is 16.8. The van der Waals surface area contributed by atoms with Crippen LogP contribution in [0.5, 0.6) is 0 Å². The topological polar surface area (TPSA) is 26.3 Å². The lowest BCUT2D eigenvalue weighted by molar-refractivity contribution is -0.166. The van der Waals surface area contributed by atoms with E-state index in [1.54, 1.807) is 18.3 Å². The molecule has 1 saturated carbocycles. The van der Waals surface area contributed by atoms with Crippen LogP contribution < -0.4 is 0 Å². The molecule has 3 rings (SSSR count). The second-order valence-corrected chi connectivity index (χ2v) is 8.73. The van der Waals surface area contributed by atoms with Crippen LogP contribution in [0.4, 0.5) is 0 Å². The summed E-state index contributed by atoms with van der Waals surface area (Å²) < 4.78 is 5.20. The van der Waals surface area contributed by atoms with Crippen LogP contribution in [0.15, 0.2) is 23.3 Å². The lowest BCUT2D eigenvalue weighted by Crippen LogP contribution is -2.53. The molecule has 23 heavy (non-hydrogen) atoms. The summed E-state index contributed by atoms with van der Waals surface area (Å²) in [6.45, 7) is 9.20. The first-order valence-electron chi connectivity index (χ1n) is 9.32. The third-order valence-corrected chi connectivity index (χ3v) is 7.23. The molecule has 0 heterocycles. The summed E-state index contributed by atoms with van der Waals surface area (Å²) in [6.07, 6.45) is 11.8. The number of hydrogen-bond donors (Lipinski definition) is 0. The molecule has 0 aromatic carbocycles. The number of carbonyl (C=O) groups is 1. The summed E-state index contributed by atoms with van der Waals surface area (Å²) in [4.78, 5) is 12.5. The molecular formula is C21H32O2. The minimum atomic E-state index is -0.314. The van der Waals surface area contributed by atoms with Gasteiger partial charge in [0.15, 0.2) is 0 Å². The van der Waals surface area contributed by atoms with Gasteiger partial charge in [-0.15, -0.1) is 0 Å². The van der Waals surface area contributed by atoms with Crippen molar-refractivity contribution in [3.63, 3.8) is 0 Å². The molecule has 0 N–H and O–H groups in total. The monoisotopic (exact) mass is 316 g/mol. The minimum Gasteiger partial charge on any atom is -0.469 e. The van der Waals surface area contributed by atoms with Gasteiger partial charge in [-0.25, -0.2) is 0 Å². The van der Waals surface area contributed by atoms with E-state index in [0.717, 1.165) is 19.3 Å². The van der Waals surface area contributed by atoms with Gasteiger partial charge in [-0.2, -0.15) is 0 Å². The number of esters is 1. The Morgan fingerprint density at radius 1 is 1.30 bits per heavy atom. The second kappa shape index (κ2) is 5.79. The second-order valence-electron chi connectivity index (χ2n) is 8.73. The van der Waals surface area contributed by atoms with Crippen LogP contribution in [0.3, 0.4) is 0 Å². The maximum atomic E-state index is 12.5. The highest BCUT2D eigenvalue weighted by Crippen LogP contribution is 2.62. The third kappa shape index (κ3) is 2.49. The SMILES string of the molecule is COC(=O)[C@]1(C)CCC[C@@]2(C)C1CC=C1C=C(C(C)C)CC[C@@H]12. The van der Waals surface area contributed by atoms with Crippen LogP contribution >= 0.6 is 0 Å². The van der Waals surface area contributed by atoms with Crippen molar-refractivity contribution in [3.05, 3.63) is 23.3 Å². The average molecular weight is 316 g/mol. The molecule has 0 amide bonds. The van der Waals surface area contributed by atoms with Crippen molar-refractivity contribution < 1.29 is 9.53 Å². The normalized spacial score (nSPS) is 39.9. The van der Waals surface area contributed by atoms with Crippen molar-refractivity contribution in [2.45, 2.75) is 66.2 Å². The Kier molecular flexibility index (Phi) is 4.23. The fraction of sp³-hybridized carbons (Fsp3) is 0.762. The summed E-state index contributed by atoms with van der Waals surface area (Å²) in [7, 11) is 1.54. The number of hydrogen-bond acceptors (Lipinski definition) is 2. The van der Waals surface area contributed by atoms with E-state index >= 15 is 0 Å². The van der Waals surface area contributed by atoms with E-state index in [-0.39, 0.29) is 16.8 Å². The van der Waals surface area contributed by atoms with Crippen molar-refractivity contribution >= 4 is 5.97 Å². The molecule has 3 aliphatic carbocycles. The van der Waals surface area contributed by atoms with Gasteiger partial charge in [-0.3, -0.25) is 4.79 Å². The van der Waals surface area contributed by atoms with Gasteiger partial charge in [0.05, 0.1) is 12.5 Å². The van der Waals surface area contributed by atoms with Crippen LogP contribution in [0.1, 0.15) is 66.2 Å². The molecule has 0 radical (unpaired) electrons. The van der Waals surface area contributed by atoms with Crippen molar-refractivity contribution in [2.24, 2.45) is 28.6 Å². The van der Waals surface area contributed by atoms with Crippen molar-refractivity contribution in [1.29, 1.82) is 0 Å². The van der Waals surface area contributed by atoms with Crippen molar-refractivity contribution in [1.82, 2.24) is 0 Å². The first-order valence-corrected chi connectivity index (χ1v) is 9.32. The van der Waals surface area contributed by atoms with Crippen LogP contribution in [0, 0.1) is 28.6 Å². The number of ether oxygens (including phenoxy) is 1. The van der Waals surface area contributed by atoms with Gasteiger partial charge in [0.1, 0.15) is 0 Å². The van der Waals surface area contributed by atoms with E-state index in [1.807, 2.05) is 0 Å². The van der Waals surface area contributed by atoms with E-state index in [9.17, 15) is 4.79 Å². The Hall–Kier alpha value is -1.05. The zero-order valence-electron chi connectivity index (χ0n) is 15.4. The molecule has 0 bridgehead atoms. The van der Waals surface area contributed by atoms with Gasteiger partial charge < -0.3 is 4.74 Å². The Morgan fingerprint density at radius 2 is 2.04 bits per heavy atom. The van der Waals surface area contributed by atoms with Gasteiger partial charge in [0, 0.05) is 0 Å². The fourth-order valence-electron chi connectivity index (χ4n) is 5.82. The predicted molar refractivity (Wildman–Crippen MR) is 93.9 cm³/mol. The number of allylic oxidation sites excluding steroid dienone is 4. The molecule has 0 saturated heterocycles. The summed E-state index contributed by atoms with van der Waals surface area (Å²) in [5.41, 5.74) is 3.07. The number of carbonyl (C=O) groups excluding carboxylic acids is 1. The molecule has 1 unspecified atom stereocenters. The standard InChI is InChI=1S/C21H32O2/c1-14(2)15-7-9-17-16(13-15)8-10-18-20(17,3)11-6-12-21(18,4)19(22)23-5/h8,13-14,17-18H,6-7,9-12H2,1-5H3/t17-,18?,20+,21+/m0/s1. The maximum Gasteiger partial charge on any atom is 0.311 e. The molecule has 0 aromatic rings. The largest absolute Gasteiger partial charge is 0.469 e. The first-order chi connectivity index (χ1) is 10.8. The Balaban J connectivity index is 1.99. The summed E-state index contributed by atoms with van der Waals surface area (Å²) >= 11 is 0. The Bertz CT molecular complexity index is 556. The molecule has 2 heteroatoms. The van der Waals surface area contributed by atoms with Gasteiger partial charge in [0.25, 0.3) is 0 Å². The molecule has 1 fully saturated rings. The molecule has 2 nitrogen and oxygen atoms in total. The van der Waals surface area contributed by atoms with Crippen LogP contribution in [-0.2, 0) is 9.53 Å². The molecule has 4 atom stereocenters. The van der Waals surface area contributed by atoms with Crippen LogP contribution in [-0.4, -0.2) is 13.1 Å². The average Bonchev–Trinajstić information content (AvgIpc) is 2.53. The number of methoxy groups -OCH3 is 1. The number of fused-ring (bicyclic) bond motifs is 3. The van der Waals surface area contributed by atoms with Gasteiger partial charge >= 0.3 is 5.97 Å². The smallest absolute Gasteiger partial charge is 0.311 e. The van der Waals surface area contributed by atoms with Gasteiger partial charge in [0.2, 0.25) is 0 Å². The van der Waals surface area contributed by atoms with Gasteiger partial charge in [-0.1, -0.05) is 44.9 Å². The van der Waals surface area contributed by atoms with E-state index in [1.165, 1.54) is 19.3 Å². The van der Waals surface area contributed by atoms with Crippen LogP contribution in [0.2, 0.25) is 0 Å². The van der Waals surface area contributed by atoms with E-state index in [4.69, 9.17) is 4.74 Å². The van der Waals surface area contributed by atoms with E-state index < -0.39 is 0 Å². The highest BCUT2D eigenvalue weighted by atomic mass is 16.5. The zero-order chi connectivity index (χ0) is 16.8. The highest BCUT2D eigenvalue weighted by molar-refractivity contribution is 5.77. The fourth-order valence-corrected chi connectivity index (χ4v) is 5.82. The Labute approximate surface area is 141 Å². The van der Waals surface area contributed by atoms with Crippen molar-refractivity contribution in [3.8, 4) is 0 Å². The number of rotatable bonds is 2. The molecule has 0 aromatic heterocycles. The third-order valence-electron chi connectivity index (χ3n) is 7.23. The quantitative estimate of drug-likeness (QED) is 0.647. The highest BCUT2D eigenvalue weighted by Gasteiger charge is 2.57. The maximum absolute atomic E-state index is 12.5. The molecule has 0 aliphatic heterocycles. The van der Waals surface area contributed by atoms with E-state index in [2.05, 4.69) is 39.8 Å². The van der Waals surface area contributed by atoms with Crippen LogP contribution in [0.25, 0.3) is 0 Å². The summed E-state index contributed by atoms with van der Waals surface area (Å²) in [5.74, 6) is 1.68. The lowest BCUT2D eigenvalue weighted by atomic mass is 9.47. The minimum absolute atomic E-state index is 0.000467. The van der Waals surface area contributed by atoms with Crippen molar-refractivity contribution in [2.75, 3.05) is 7.11 Å². The summed E-state index contributed by atoms with van der Waals surface area (Å²) in [6, 6.07) is 0. The molecule has 128 valence electrons. The summed E-state index contributed by atoms with van der Waals surface area (Å²) in [5, 5.41) is 0. The van der Waals surface area contributed by atoms with Gasteiger partial charge in [-0.05, 0) is 67.8 Å². The molecular weight excluding hydrogens is 284 g/mol. The lowest BCUT2D eigenvalue weighted by Gasteiger charge is -2.57. The Morgan fingerprint density at radius 3 is 2.70 bits per heavy atom. The van der Waals surface area contributed by atoms with E-state index in [0.29, 0.717) is 17.8 Å². The zero-order valence-corrected chi connectivity index (χ0v) is 15.4. The predicted octanol–water partition coefficient (Wildman–Crippen LogP) is 5.29. The molecule has 3 aliphatic rings.